The van der Waals surface area contributed by atoms with Gasteiger partial charge in [-0.3, -0.25) is 14.4 Å². The Hall–Kier alpha value is -3.36. The summed E-state index contributed by atoms with van der Waals surface area (Å²) >= 11 is 0. The number of hydrogen-bond donors (Lipinski definition) is 3. The number of benzene rings is 1. The zero-order valence-corrected chi connectivity index (χ0v) is 22.2. The maximum atomic E-state index is 13.8. The highest BCUT2D eigenvalue weighted by atomic mass is 16.6. The number of primary amides is 1. The van der Waals surface area contributed by atoms with Crippen molar-refractivity contribution in [1.29, 1.82) is 0 Å². The Kier molecular flexibility index (Phi) is 10.1. The van der Waals surface area contributed by atoms with Crippen molar-refractivity contribution in [3.8, 4) is 0 Å². The number of ether oxygens (including phenoxy) is 1. The molecule has 1 rings (SSSR count). The van der Waals surface area contributed by atoms with Crippen LogP contribution >= 0.6 is 0 Å². The molecule has 0 heterocycles. The average molecular weight is 489 g/mol. The monoisotopic (exact) mass is 488 g/mol. The Morgan fingerprint density at radius 1 is 1.09 bits per heavy atom. The van der Waals surface area contributed by atoms with E-state index in [1.54, 1.807) is 20.8 Å². The summed E-state index contributed by atoms with van der Waals surface area (Å²) < 4.78 is 5.26. The molecule has 0 saturated heterocycles. The lowest BCUT2D eigenvalue weighted by Crippen LogP contribution is -2.55. The Bertz CT molecular complexity index is 939. The molecule has 9 nitrogen and oxygen atoms in total. The number of nitrogens with one attached hydrogen (secondary N) is 2. The molecule has 0 aliphatic carbocycles. The molecule has 35 heavy (non-hydrogen) atoms. The molecule has 0 spiro atoms. The third kappa shape index (κ3) is 9.42. The van der Waals surface area contributed by atoms with E-state index < -0.39 is 53.5 Å². The first-order valence-electron chi connectivity index (χ1n) is 11.5. The molecule has 4 N–H and O–H groups in total. The van der Waals surface area contributed by atoms with Gasteiger partial charge in [0.25, 0.3) is 0 Å². The van der Waals surface area contributed by atoms with Gasteiger partial charge in [0.15, 0.2) is 0 Å². The van der Waals surface area contributed by atoms with Gasteiger partial charge in [0.05, 0.1) is 6.42 Å². The van der Waals surface area contributed by atoms with Crippen molar-refractivity contribution < 1.29 is 23.9 Å². The molecule has 1 aromatic carbocycles. The van der Waals surface area contributed by atoms with Crippen LogP contribution in [0.5, 0.6) is 0 Å². The number of rotatable bonds is 9. The van der Waals surface area contributed by atoms with Gasteiger partial charge in [-0.25, -0.2) is 4.79 Å². The van der Waals surface area contributed by atoms with Gasteiger partial charge in [0.1, 0.15) is 17.7 Å². The lowest BCUT2D eigenvalue weighted by molar-refractivity contribution is -0.143. The zero-order valence-electron chi connectivity index (χ0n) is 22.2. The number of alkyl carbamates (subject to hydrolysis) is 1. The van der Waals surface area contributed by atoms with Crippen LogP contribution in [0.4, 0.5) is 4.79 Å². The van der Waals surface area contributed by atoms with E-state index in [1.807, 2.05) is 52.8 Å². The van der Waals surface area contributed by atoms with Crippen molar-refractivity contribution in [3.63, 3.8) is 0 Å². The lowest BCUT2D eigenvalue weighted by Gasteiger charge is -2.36. The highest BCUT2D eigenvalue weighted by Crippen LogP contribution is 2.29. The van der Waals surface area contributed by atoms with Crippen molar-refractivity contribution >= 4 is 23.8 Å². The first-order chi connectivity index (χ1) is 16.0. The molecule has 9 heteroatoms. The molecule has 0 fully saturated rings. The minimum atomic E-state index is -1.34. The van der Waals surface area contributed by atoms with E-state index in [0.29, 0.717) is 5.56 Å². The van der Waals surface area contributed by atoms with E-state index >= 15 is 0 Å². The van der Waals surface area contributed by atoms with E-state index in [-0.39, 0.29) is 6.54 Å². The topological polar surface area (TPSA) is 131 Å². The number of nitrogens with two attached hydrogens (primary N) is 1. The summed E-state index contributed by atoms with van der Waals surface area (Å²) in [5.41, 5.74) is 6.27. The molecule has 194 valence electrons. The molecular formula is C26H40N4O5. The third-order valence-electron chi connectivity index (χ3n) is 4.88. The molecule has 0 bridgehead atoms. The molecule has 0 aliphatic rings. The summed E-state index contributed by atoms with van der Waals surface area (Å²) in [5, 5.41) is 5.39. The predicted octanol–water partition coefficient (Wildman–Crippen LogP) is 3.04. The van der Waals surface area contributed by atoms with E-state index in [2.05, 4.69) is 17.2 Å². The maximum Gasteiger partial charge on any atom is 0.408 e. The van der Waals surface area contributed by atoms with Gasteiger partial charge in [-0.15, -0.1) is 6.58 Å². The summed E-state index contributed by atoms with van der Waals surface area (Å²) in [6.45, 7) is 18.0. The number of amides is 4. The normalized spacial score (nSPS) is 13.3. The fourth-order valence-electron chi connectivity index (χ4n) is 3.64. The second-order valence-electron chi connectivity index (χ2n) is 10.6. The van der Waals surface area contributed by atoms with Crippen LogP contribution in [-0.4, -0.2) is 52.4 Å². The Morgan fingerprint density at radius 2 is 1.63 bits per heavy atom. The molecule has 0 radical (unpaired) electrons. The van der Waals surface area contributed by atoms with Crippen molar-refractivity contribution in [2.24, 2.45) is 5.73 Å². The van der Waals surface area contributed by atoms with Gasteiger partial charge in [0.2, 0.25) is 17.7 Å². The lowest BCUT2D eigenvalue weighted by atomic mass is 9.92. The molecule has 2 unspecified atom stereocenters. The van der Waals surface area contributed by atoms with Gasteiger partial charge in [0, 0.05) is 12.1 Å². The Balaban J connectivity index is 3.59. The van der Waals surface area contributed by atoms with Crippen molar-refractivity contribution in [1.82, 2.24) is 15.5 Å². The largest absolute Gasteiger partial charge is 0.444 e. The molecule has 1 aromatic rings. The van der Waals surface area contributed by atoms with E-state index in [0.717, 1.165) is 11.1 Å². The fraction of sp³-hybridized carbons (Fsp3) is 0.538. The standard InChI is InChI=1S/C26H40N4O5/c1-10-14-30(23(33)18(15-19(27)31)28-24(34)35-26(7,8)9)21(22(32)29-25(4,5)6)20-16(2)12-11-13-17(20)3/h10-13,18,21H,1,14-15H2,2-9H3,(H2,27,31)(H,28,34)(H,29,32). The van der Waals surface area contributed by atoms with Crippen LogP contribution in [0.3, 0.4) is 0 Å². The number of carbonyl (C=O) groups excluding carboxylic acids is 4. The summed E-state index contributed by atoms with van der Waals surface area (Å²) in [4.78, 5) is 52.9. The van der Waals surface area contributed by atoms with Crippen LogP contribution in [0.25, 0.3) is 0 Å². The molecule has 0 aliphatic heterocycles. The minimum Gasteiger partial charge on any atom is -0.444 e. The van der Waals surface area contributed by atoms with Gasteiger partial charge >= 0.3 is 6.09 Å². The summed E-state index contributed by atoms with van der Waals surface area (Å²) in [6.07, 6.45) is 0.141. The predicted molar refractivity (Wildman–Crippen MR) is 135 cm³/mol. The zero-order chi connectivity index (χ0) is 27.1. The fourth-order valence-corrected chi connectivity index (χ4v) is 3.64. The Labute approximate surface area is 208 Å². The third-order valence-corrected chi connectivity index (χ3v) is 4.88. The van der Waals surface area contributed by atoms with Gasteiger partial charge in [-0.1, -0.05) is 24.3 Å². The van der Waals surface area contributed by atoms with Crippen LogP contribution < -0.4 is 16.4 Å². The van der Waals surface area contributed by atoms with Gasteiger partial charge in [-0.2, -0.15) is 0 Å². The van der Waals surface area contributed by atoms with Gasteiger partial charge < -0.3 is 26.0 Å². The second-order valence-corrected chi connectivity index (χ2v) is 10.6. The van der Waals surface area contributed by atoms with Crippen LogP contribution in [0.2, 0.25) is 0 Å². The summed E-state index contributed by atoms with van der Waals surface area (Å²) in [7, 11) is 0. The second kappa shape index (κ2) is 11.9. The Morgan fingerprint density at radius 3 is 2.06 bits per heavy atom. The molecule has 0 aromatic heterocycles. The summed E-state index contributed by atoms with van der Waals surface area (Å²) in [5.74, 6) is -1.85. The summed E-state index contributed by atoms with van der Waals surface area (Å²) in [6, 6.07) is 3.20. The highest BCUT2D eigenvalue weighted by molar-refractivity contribution is 5.95. The number of carbonyl (C=O) groups is 4. The maximum absolute atomic E-state index is 13.8. The van der Waals surface area contributed by atoms with Crippen molar-refractivity contribution in [3.05, 3.63) is 47.5 Å². The number of aryl methyl sites for hydroxylation is 2. The first kappa shape index (κ1) is 29.7. The van der Waals surface area contributed by atoms with E-state index in [4.69, 9.17) is 10.5 Å². The number of hydrogen-bond acceptors (Lipinski definition) is 5. The van der Waals surface area contributed by atoms with Gasteiger partial charge in [-0.05, 0) is 72.1 Å². The quantitative estimate of drug-likeness (QED) is 0.460. The van der Waals surface area contributed by atoms with Crippen LogP contribution in [0, 0.1) is 13.8 Å². The first-order valence-corrected chi connectivity index (χ1v) is 11.5. The molecular weight excluding hydrogens is 448 g/mol. The van der Waals surface area contributed by atoms with Crippen LogP contribution in [0.1, 0.15) is 70.7 Å². The highest BCUT2D eigenvalue weighted by Gasteiger charge is 2.38. The smallest absolute Gasteiger partial charge is 0.408 e. The average Bonchev–Trinajstić information content (AvgIpc) is 2.65. The molecule has 0 saturated carbocycles. The van der Waals surface area contributed by atoms with E-state index in [1.165, 1.54) is 11.0 Å². The molecule has 2 atom stereocenters. The van der Waals surface area contributed by atoms with E-state index in [9.17, 15) is 19.2 Å². The van der Waals surface area contributed by atoms with Crippen molar-refractivity contribution in [2.45, 2.75) is 85.0 Å². The minimum absolute atomic E-state index is 0.0138. The van der Waals surface area contributed by atoms with Crippen LogP contribution in [0.15, 0.2) is 30.9 Å². The molecule has 4 amide bonds. The van der Waals surface area contributed by atoms with Crippen LogP contribution in [-0.2, 0) is 19.1 Å². The number of nitrogens with zero attached hydrogens (tertiary/aromatic N) is 1. The van der Waals surface area contributed by atoms with Crippen molar-refractivity contribution in [2.75, 3.05) is 6.54 Å². The SMILES string of the molecule is C=CCN(C(=O)C(CC(N)=O)NC(=O)OC(C)(C)C)C(C(=O)NC(C)(C)C)c1c(C)cccc1C.